The number of rotatable bonds is 3. The van der Waals surface area contributed by atoms with Gasteiger partial charge in [-0.25, -0.2) is 0 Å². The van der Waals surface area contributed by atoms with Crippen LogP contribution in [0.5, 0.6) is 0 Å². The molecule has 148 valence electrons. The fourth-order valence-electron chi connectivity index (χ4n) is 6.91. The number of hydrogen-bond donors (Lipinski definition) is 0. The van der Waals surface area contributed by atoms with Crippen molar-refractivity contribution >= 4 is 33.5 Å². The Balaban J connectivity index is 1.57. The van der Waals surface area contributed by atoms with Gasteiger partial charge in [-0.05, 0) is 74.2 Å². The van der Waals surface area contributed by atoms with Crippen molar-refractivity contribution in [2.45, 2.75) is 69.5 Å². The van der Waals surface area contributed by atoms with Crippen LogP contribution < -0.4 is 0 Å². The quantitative estimate of drug-likeness (QED) is 0.485. The molecule has 4 aliphatic carbocycles. The van der Waals surface area contributed by atoms with E-state index in [4.69, 9.17) is 4.74 Å². The summed E-state index contributed by atoms with van der Waals surface area (Å²) in [5, 5.41) is 0. The lowest BCUT2D eigenvalue weighted by molar-refractivity contribution is -0.148. The molecule has 0 aliphatic heterocycles. The lowest BCUT2D eigenvalue weighted by Gasteiger charge is -2.58. The molecule has 0 aromatic heterocycles. The third-order valence-electron chi connectivity index (χ3n) is 8.16. The predicted octanol–water partition coefficient (Wildman–Crippen LogP) is 4.39. The van der Waals surface area contributed by atoms with Gasteiger partial charge in [0.25, 0.3) is 0 Å². The Morgan fingerprint density at radius 1 is 1.15 bits per heavy atom. The number of ether oxygens (including phenoxy) is 1. The van der Waals surface area contributed by atoms with Gasteiger partial charge >= 0.3 is 5.97 Å². The average Bonchev–Trinajstić information content (AvgIpc) is 2.96. The van der Waals surface area contributed by atoms with Crippen molar-refractivity contribution in [1.29, 1.82) is 0 Å². The van der Waals surface area contributed by atoms with Crippen LogP contribution in [0.15, 0.2) is 11.6 Å². The second-order valence-corrected chi connectivity index (χ2v) is 10.8. The fourth-order valence-corrected chi connectivity index (χ4v) is 8.18. The van der Waals surface area contributed by atoms with Crippen molar-refractivity contribution < 1.29 is 19.1 Å². The molecule has 5 heteroatoms. The van der Waals surface area contributed by atoms with E-state index in [1.54, 1.807) is 0 Å². The smallest absolute Gasteiger partial charge is 0.303 e. The Morgan fingerprint density at radius 3 is 2.67 bits per heavy atom. The van der Waals surface area contributed by atoms with Crippen LogP contribution in [-0.4, -0.2) is 28.5 Å². The van der Waals surface area contributed by atoms with E-state index < -0.39 is 0 Å². The first-order valence-electron chi connectivity index (χ1n) is 10.3. The van der Waals surface area contributed by atoms with Crippen LogP contribution in [0, 0.1) is 29.1 Å². The Labute approximate surface area is 169 Å². The van der Waals surface area contributed by atoms with E-state index in [1.165, 1.54) is 12.5 Å². The maximum Gasteiger partial charge on any atom is 0.303 e. The number of hydrogen-bond acceptors (Lipinski definition) is 4. The van der Waals surface area contributed by atoms with Gasteiger partial charge in [0, 0.05) is 23.6 Å². The van der Waals surface area contributed by atoms with Crippen LogP contribution in [0.2, 0.25) is 0 Å². The zero-order chi connectivity index (χ0) is 19.4. The Morgan fingerprint density at radius 2 is 1.93 bits per heavy atom. The number of alkyl halides is 1. The van der Waals surface area contributed by atoms with Gasteiger partial charge in [-0.3, -0.25) is 14.4 Å². The largest absolute Gasteiger partial charge is 0.458 e. The van der Waals surface area contributed by atoms with Crippen molar-refractivity contribution in [2.24, 2.45) is 29.1 Å². The summed E-state index contributed by atoms with van der Waals surface area (Å²) in [4.78, 5) is 35.8. The molecular weight excluding hydrogens is 408 g/mol. The van der Waals surface area contributed by atoms with Gasteiger partial charge < -0.3 is 4.74 Å². The normalized spacial score (nSPS) is 43.2. The molecule has 0 aromatic rings. The van der Waals surface area contributed by atoms with Gasteiger partial charge in [0.1, 0.15) is 6.61 Å². The van der Waals surface area contributed by atoms with Crippen molar-refractivity contribution in [3.05, 3.63) is 11.6 Å². The van der Waals surface area contributed by atoms with Gasteiger partial charge in [0.05, 0.1) is 0 Å². The number of carbonyl (C=O) groups is 3. The molecule has 4 rings (SSSR count). The van der Waals surface area contributed by atoms with E-state index in [1.807, 2.05) is 6.08 Å². The molecule has 6 atom stereocenters. The minimum atomic E-state index is -0.385. The number of halogens is 1. The first-order valence-corrected chi connectivity index (χ1v) is 11.1. The van der Waals surface area contributed by atoms with Crippen LogP contribution in [0.4, 0.5) is 0 Å². The molecular formula is C22H29BrO4. The Hall–Kier alpha value is -0.970. The number of Topliss-reactive ketones (excluding diaryl/α,β-unsaturated/α-hetero) is 1. The van der Waals surface area contributed by atoms with Crippen molar-refractivity contribution in [2.75, 3.05) is 6.61 Å². The fraction of sp³-hybridized carbons (Fsp3) is 0.773. The number of esters is 1. The highest BCUT2D eigenvalue weighted by molar-refractivity contribution is 9.10. The molecule has 3 saturated carbocycles. The Bertz CT molecular complexity index is 713. The highest BCUT2D eigenvalue weighted by atomic mass is 79.9. The SMILES string of the molecule is CC(=O)OCC(=O)[C@H]1CC[C@H]2[C@@H]3CCC4=CC(=O)CC[C@@H]4[C@@]3(Br)CC[C@]12C. The lowest BCUT2D eigenvalue weighted by atomic mass is 9.51. The summed E-state index contributed by atoms with van der Waals surface area (Å²) in [5.41, 5.74) is 1.36. The maximum atomic E-state index is 12.8. The van der Waals surface area contributed by atoms with E-state index in [-0.39, 0.29) is 39.8 Å². The van der Waals surface area contributed by atoms with Gasteiger partial charge in [-0.1, -0.05) is 28.4 Å². The number of ketones is 2. The van der Waals surface area contributed by atoms with E-state index in [0.29, 0.717) is 24.2 Å². The Kier molecular flexibility index (Phi) is 4.89. The minimum absolute atomic E-state index is 0.00349. The molecule has 0 radical (unpaired) electrons. The second-order valence-electron chi connectivity index (χ2n) is 9.34. The van der Waals surface area contributed by atoms with E-state index in [2.05, 4.69) is 22.9 Å². The summed E-state index contributed by atoms with van der Waals surface area (Å²) in [6.07, 6.45) is 9.73. The summed E-state index contributed by atoms with van der Waals surface area (Å²) in [6.45, 7) is 3.57. The molecule has 0 amide bonds. The van der Waals surface area contributed by atoms with Crippen LogP contribution in [-0.2, 0) is 19.1 Å². The maximum absolute atomic E-state index is 12.8. The lowest BCUT2D eigenvalue weighted by Crippen LogP contribution is -2.55. The van der Waals surface area contributed by atoms with Crippen LogP contribution in [0.1, 0.15) is 65.2 Å². The van der Waals surface area contributed by atoms with E-state index in [0.717, 1.165) is 44.9 Å². The van der Waals surface area contributed by atoms with Crippen LogP contribution in [0.3, 0.4) is 0 Å². The third kappa shape index (κ3) is 3.04. The summed E-state index contributed by atoms with van der Waals surface area (Å²) in [6, 6.07) is 0. The first kappa shape index (κ1) is 19.4. The zero-order valence-electron chi connectivity index (χ0n) is 16.3. The number of carbonyl (C=O) groups excluding carboxylic acids is 3. The molecule has 4 nitrogen and oxygen atoms in total. The van der Waals surface area contributed by atoms with Gasteiger partial charge in [-0.15, -0.1) is 0 Å². The zero-order valence-corrected chi connectivity index (χ0v) is 17.8. The molecule has 0 unspecified atom stereocenters. The van der Waals surface area contributed by atoms with Gasteiger partial charge in [-0.2, -0.15) is 0 Å². The standard InChI is InChI=1S/C22H29BrO4/c1-13(24)27-12-20(26)19-8-7-17-18-5-3-14-11-15(25)4-6-16(14)22(18,23)10-9-21(17,19)2/h11,16-19H,3-10,12H2,1-2H3/t16-,17-,18-,19+,21-,22-/m0/s1. The van der Waals surface area contributed by atoms with E-state index in [9.17, 15) is 14.4 Å². The molecule has 3 fully saturated rings. The first-order chi connectivity index (χ1) is 12.8. The molecule has 0 spiro atoms. The summed E-state index contributed by atoms with van der Waals surface area (Å²) in [5.74, 6) is 1.54. The second kappa shape index (κ2) is 6.82. The topological polar surface area (TPSA) is 60.4 Å². The molecule has 4 aliphatic rings. The van der Waals surface area contributed by atoms with Crippen molar-refractivity contribution in [1.82, 2.24) is 0 Å². The molecule has 0 saturated heterocycles. The van der Waals surface area contributed by atoms with Crippen molar-refractivity contribution in [3.63, 3.8) is 0 Å². The number of allylic oxidation sites excluding steroid dienone is 1. The minimum Gasteiger partial charge on any atom is -0.458 e. The predicted molar refractivity (Wildman–Crippen MR) is 105 cm³/mol. The molecule has 0 N–H and O–H groups in total. The van der Waals surface area contributed by atoms with Crippen LogP contribution >= 0.6 is 15.9 Å². The monoisotopic (exact) mass is 436 g/mol. The van der Waals surface area contributed by atoms with Gasteiger partial charge in [0.15, 0.2) is 11.6 Å². The van der Waals surface area contributed by atoms with E-state index >= 15 is 0 Å². The highest BCUT2D eigenvalue weighted by Crippen LogP contribution is 2.67. The third-order valence-corrected chi connectivity index (χ3v) is 9.70. The molecule has 0 aromatic carbocycles. The van der Waals surface area contributed by atoms with Gasteiger partial charge in [0.2, 0.25) is 0 Å². The molecule has 27 heavy (non-hydrogen) atoms. The molecule has 0 bridgehead atoms. The van der Waals surface area contributed by atoms with Crippen molar-refractivity contribution in [3.8, 4) is 0 Å². The summed E-state index contributed by atoms with van der Waals surface area (Å²) < 4.78 is 5.09. The average molecular weight is 437 g/mol. The molecule has 0 heterocycles. The summed E-state index contributed by atoms with van der Waals surface area (Å²) >= 11 is 4.20. The highest BCUT2D eigenvalue weighted by Gasteiger charge is 2.62. The summed E-state index contributed by atoms with van der Waals surface area (Å²) in [7, 11) is 0. The number of fused-ring (bicyclic) bond motifs is 5. The van der Waals surface area contributed by atoms with Crippen LogP contribution in [0.25, 0.3) is 0 Å².